The van der Waals surface area contributed by atoms with Crippen LogP contribution in [0.25, 0.3) is 0 Å². The maximum atomic E-state index is 13.1. The molecule has 1 aromatic carbocycles. The highest BCUT2D eigenvalue weighted by Crippen LogP contribution is 2.17. The van der Waals surface area contributed by atoms with E-state index in [1.807, 2.05) is 12.3 Å². The van der Waals surface area contributed by atoms with Gasteiger partial charge in [-0.05, 0) is 24.1 Å². The van der Waals surface area contributed by atoms with Gasteiger partial charge in [0, 0.05) is 24.3 Å². The lowest BCUT2D eigenvalue weighted by Crippen LogP contribution is -2.20. The molecular formula is C13H16FN3. The molecule has 2 N–H and O–H groups in total. The summed E-state index contributed by atoms with van der Waals surface area (Å²) in [5.41, 5.74) is 2.08. The van der Waals surface area contributed by atoms with Crippen LogP contribution in [0.15, 0.2) is 36.7 Å². The van der Waals surface area contributed by atoms with Gasteiger partial charge in [0.05, 0.1) is 6.20 Å². The van der Waals surface area contributed by atoms with E-state index in [0.717, 1.165) is 24.1 Å². The normalized spacial score (nSPS) is 12.6. The van der Waals surface area contributed by atoms with E-state index < -0.39 is 0 Å². The van der Waals surface area contributed by atoms with Crippen molar-refractivity contribution in [3.8, 4) is 0 Å². The summed E-state index contributed by atoms with van der Waals surface area (Å²) in [4.78, 5) is 0. The van der Waals surface area contributed by atoms with Crippen molar-refractivity contribution < 1.29 is 4.39 Å². The Balaban J connectivity index is 2.01. The van der Waals surface area contributed by atoms with E-state index in [4.69, 9.17) is 0 Å². The zero-order chi connectivity index (χ0) is 12.1. The maximum absolute atomic E-state index is 13.1. The Labute approximate surface area is 100 Å². The Hall–Kier alpha value is -1.68. The van der Waals surface area contributed by atoms with Gasteiger partial charge in [-0.3, -0.25) is 5.10 Å². The molecular weight excluding hydrogens is 217 g/mol. The highest BCUT2D eigenvalue weighted by molar-refractivity contribution is 5.20. The Bertz CT molecular complexity index is 453. The van der Waals surface area contributed by atoms with Crippen molar-refractivity contribution in [2.75, 3.05) is 0 Å². The fourth-order valence-electron chi connectivity index (χ4n) is 1.84. The molecule has 4 heteroatoms. The topological polar surface area (TPSA) is 40.7 Å². The average Bonchev–Trinajstić information content (AvgIpc) is 2.83. The smallest absolute Gasteiger partial charge is 0.123 e. The number of hydrogen-bond acceptors (Lipinski definition) is 2. The van der Waals surface area contributed by atoms with Gasteiger partial charge in [0.25, 0.3) is 0 Å². The van der Waals surface area contributed by atoms with Gasteiger partial charge < -0.3 is 5.32 Å². The molecule has 1 atom stereocenters. The number of nitrogens with zero attached hydrogens (tertiary/aromatic N) is 1. The number of halogens is 1. The van der Waals surface area contributed by atoms with E-state index in [9.17, 15) is 4.39 Å². The van der Waals surface area contributed by atoms with Gasteiger partial charge in [-0.1, -0.05) is 19.1 Å². The van der Waals surface area contributed by atoms with Crippen LogP contribution in [0.2, 0.25) is 0 Å². The second-order valence-corrected chi connectivity index (χ2v) is 4.00. The van der Waals surface area contributed by atoms with E-state index in [1.54, 1.807) is 18.3 Å². The van der Waals surface area contributed by atoms with Gasteiger partial charge in [-0.25, -0.2) is 4.39 Å². The highest BCUT2D eigenvalue weighted by atomic mass is 19.1. The van der Waals surface area contributed by atoms with Crippen molar-refractivity contribution in [1.29, 1.82) is 0 Å². The maximum Gasteiger partial charge on any atom is 0.123 e. The van der Waals surface area contributed by atoms with Crippen molar-refractivity contribution in [3.05, 3.63) is 53.6 Å². The second kappa shape index (κ2) is 5.59. The summed E-state index contributed by atoms with van der Waals surface area (Å²) >= 11 is 0. The van der Waals surface area contributed by atoms with Crippen LogP contribution in [0.3, 0.4) is 0 Å². The molecule has 0 spiro atoms. The van der Waals surface area contributed by atoms with E-state index in [0.29, 0.717) is 0 Å². The lowest BCUT2D eigenvalue weighted by Gasteiger charge is -2.16. The minimum atomic E-state index is -0.189. The minimum Gasteiger partial charge on any atom is -0.306 e. The Morgan fingerprint density at radius 3 is 3.00 bits per heavy atom. The van der Waals surface area contributed by atoms with Crippen LogP contribution in [-0.4, -0.2) is 10.2 Å². The summed E-state index contributed by atoms with van der Waals surface area (Å²) in [7, 11) is 0. The van der Waals surface area contributed by atoms with Crippen molar-refractivity contribution in [2.24, 2.45) is 0 Å². The predicted octanol–water partition coefficient (Wildman–Crippen LogP) is 2.79. The summed E-state index contributed by atoms with van der Waals surface area (Å²) in [6.45, 7) is 2.81. The van der Waals surface area contributed by atoms with Crippen LogP contribution in [-0.2, 0) is 6.54 Å². The molecule has 0 saturated heterocycles. The monoisotopic (exact) mass is 233 g/mol. The molecule has 3 nitrogen and oxygen atoms in total. The SMILES string of the molecule is CCC(NCc1cn[nH]c1)c1cccc(F)c1. The molecule has 0 amide bonds. The van der Waals surface area contributed by atoms with Crippen LogP contribution in [0.1, 0.15) is 30.5 Å². The summed E-state index contributed by atoms with van der Waals surface area (Å²) < 4.78 is 13.1. The Morgan fingerprint density at radius 2 is 2.35 bits per heavy atom. The van der Waals surface area contributed by atoms with E-state index in [1.165, 1.54) is 6.07 Å². The molecule has 0 bridgehead atoms. The first-order valence-corrected chi connectivity index (χ1v) is 5.76. The summed E-state index contributed by atoms with van der Waals surface area (Å²) in [5, 5.41) is 10.0. The van der Waals surface area contributed by atoms with Crippen molar-refractivity contribution in [2.45, 2.75) is 25.9 Å². The fourth-order valence-corrected chi connectivity index (χ4v) is 1.84. The van der Waals surface area contributed by atoms with Gasteiger partial charge in [-0.15, -0.1) is 0 Å². The van der Waals surface area contributed by atoms with E-state index in [2.05, 4.69) is 22.4 Å². The zero-order valence-electron chi connectivity index (χ0n) is 9.78. The molecule has 0 fully saturated rings. The van der Waals surface area contributed by atoms with Gasteiger partial charge in [0.1, 0.15) is 5.82 Å². The Morgan fingerprint density at radius 1 is 1.47 bits per heavy atom. The minimum absolute atomic E-state index is 0.167. The first-order chi connectivity index (χ1) is 8.29. The number of aromatic amines is 1. The summed E-state index contributed by atoms with van der Waals surface area (Å²) in [6.07, 6.45) is 4.55. The van der Waals surface area contributed by atoms with Gasteiger partial charge >= 0.3 is 0 Å². The molecule has 1 aromatic heterocycles. The molecule has 0 aliphatic heterocycles. The number of rotatable bonds is 5. The van der Waals surface area contributed by atoms with Crippen molar-refractivity contribution in [3.63, 3.8) is 0 Å². The van der Waals surface area contributed by atoms with Crippen LogP contribution in [0.4, 0.5) is 4.39 Å². The summed E-state index contributed by atoms with van der Waals surface area (Å²) in [5.74, 6) is -0.189. The quantitative estimate of drug-likeness (QED) is 0.833. The molecule has 0 aliphatic carbocycles. The third-order valence-corrected chi connectivity index (χ3v) is 2.77. The molecule has 2 aromatic rings. The molecule has 90 valence electrons. The number of hydrogen-bond donors (Lipinski definition) is 2. The van der Waals surface area contributed by atoms with E-state index >= 15 is 0 Å². The molecule has 1 heterocycles. The van der Waals surface area contributed by atoms with Crippen molar-refractivity contribution >= 4 is 0 Å². The first kappa shape index (κ1) is 11.8. The van der Waals surface area contributed by atoms with Crippen molar-refractivity contribution in [1.82, 2.24) is 15.5 Å². The number of aromatic nitrogens is 2. The predicted molar refractivity (Wildman–Crippen MR) is 64.9 cm³/mol. The Kier molecular flexibility index (Phi) is 3.88. The van der Waals surface area contributed by atoms with Crippen LogP contribution in [0, 0.1) is 5.82 Å². The second-order valence-electron chi connectivity index (χ2n) is 4.00. The molecule has 0 radical (unpaired) electrons. The largest absolute Gasteiger partial charge is 0.306 e. The highest BCUT2D eigenvalue weighted by Gasteiger charge is 2.09. The lowest BCUT2D eigenvalue weighted by molar-refractivity contribution is 0.514. The van der Waals surface area contributed by atoms with E-state index in [-0.39, 0.29) is 11.9 Å². The third-order valence-electron chi connectivity index (χ3n) is 2.77. The molecule has 2 rings (SSSR count). The molecule has 17 heavy (non-hydrogen) atoms. The van der Waals surface area contributed by atoms with Crippen LogP contribution in [0.5, 0.6) is 0 Å². The standard InChI is InChI=1S/C13H16FN3/c1-2-13(11-4-3-5-12(14)6-11)15-7-10-8-16-17-9-10/h3-6,8-9,13,15H,2,7H2,1H3,(H,16,17). The lowest BCUT2D eigenvalue weighted by atomic mass is 10.0. The van der Waals surface area contributed by atoms with Crippen LogP contribution >= 0.6 is 0 Å². The van der Waals surface area contributed by atoms with Gasteiger partial charge in [-0.2, -0.15) is 5.10 Å². The number of H-pyrrole nitrogens is 1. The zero-order valence-corrected chi connectivity index (χ0v) is 9.78. The number of benzene rings is 1. The number of nitrogens with one attached hydrogen (secondary N) is 2. The summed E-state index contributed by atoms with van der Waals surface area (Å²) in [6, 6.07) is 6.90. The average molecular weight is 233 g/mol. The fraction of sp³-hybridized carbons (Fsp3) is 0.308. The van der Waals surface area contributed by atoms with Crippen LogP contribution < -0.4 is 5.32 Å². The molecule has 0 saturated carbocycles. The van der Waals surface area contributed by atoms with Gasteiger partial charge in [0.15, 0.2) is 0 Å². The van der Waals surface area contributed by atoms with Gasteiger partial charge in [0.2, 0.25) is 0 Å². The third kappa shape index (κ3) is 3.14. The first-order valence-electron chi connectivity index (χ1n) is 5.76. The molecule has 1 unspecified atom stereocenters. The molecule has 0 aliphatic rings.